The number of aromatic nitrogens is 2. The van der Waals surface area contributed by atoms with E-state index in [4.69, 9.17) is 4.74 Å². The number of unbranched alkanes of at least 4 members (excludes halogenated alkanes) is 3. The number of carbonyl (C=O) groups excluding carboxylic acids is 1. The van der Waals surface area contributed by atoms with E-state index in [1.54, 1.807) is 12.1 Å². The van der Waals surface area contributed by atoms with Crippen LogP contribution in [-0.2, 0) is 6.42 Å². The van der Waals surface area contributed by atoms with Crippen LogP contribution in [0.25, 0.3) is 0 Å². The lowest BCUT2D eigenvalue weighted by Gasteiger charge is -2.08. The molecule has 0 bridgehead atoms. The minimum absolute atomic E-state index is 0.118. The molecule has 0 aliphatic carbocycles. The Bertz CT molecular complexity index is 757. The molecule has 4 heteroatoms. The lowest BCUT2D eigenvalue weighted by atomic mass is 10.1. The van der Waals surface area contributed by atoms with Crippen LogP contribution >= 0.6 is 0 Å². The molecule has 0 N–H and O–H groups in total. The molecule has 0 saturated carbocycles. The summed E-state index contributed by atoms with van der Waals surface area (Å²) in [7, 11) is 0. The summed E-state index contributed by atoms with van der Waals surface area (Å²) in [6.07, 6.45) is 5.46. The molecule has 1 heterocycles. The standard InChI is InChI=1S/C22H30N2O2/c1-6-7-8-9-14-26-20-12-10-19(11-13-20)22(25)24-18(5)21(15-16(2)3)17(4)23-24/h10-13H,2,6-9,14-15H2,1,3-5H3. The molecule has 26 heavy (non-hydrogen) atoms. The molecule has 0 fully saturated rings. The maximum Gasteiger partial charge on any atom is 0.278 e. The van der Waals surface area contributed by atoms with E-state index < -0.39 is 0 Å². The molecular weight excluding hydrogens is 324 g/mol. The Balaban J connectivity index is 2.05. The molecule has 4 nitrogen and oxygen atoms in total. The predicted octanol–water partition coefficient (Wildman–Crippen LogP) is 5.27. The number of benzene rings is 1. The summed E-state index contributed by atoms with van der Waals surface area (Å²) in [6, 6.07) is 7.32. The van der Waals surface area contributed by atoms with E-state index in [0.29, 0.717) is 5.56 Å². The smallest absolute Gasteiger partial charge is 0.278 e. The zero-order valence-electron chi connectivity index (χ0n) is 16.5. The third kappa shape index (κ3) is 5.07. The summed E-state index contributed by atoms with van der Waals surface area (Å²) < 4.78 is 7.23. The first-order chi connectivity index (χ1) is 12.4. The highest BCUT2D eigenvalue weighted by Crippen LogP contribution is 2.19. The van der Waals surface area contributed by atoms with Gasteiger partial charge in [-0.05, 0) is 57.9 Å². The van der Waals surface area contributed by atoms with Crippen molar-refractivity contribution < 1.29 is 9.53 Å². The van der Waals surface area contributed by atoms with E-state index in [-0.39, 0.29) is 5.91 Å². The van der Waals surface area contributed by atoms with Gasteiger partial charge in [-0.15, -0.1) is 0 Å². The van der Waals surface area contributed by atoms with Crippen molar-refractivity contribution in [1.29, 1.82) is 0 Å². The molecule has 0 radical (unpaired) electrons. The first kappa shape index (κ1) is 20.0. The van der Waals surface area contributed by atoms with Gasteiger partial charge in [-0.1, -0.05) is 38.3 Å². The van der Waals surface area contributed by atoms with Crippen molar-refractivity contribution in [3.8, 4) is 5.75 Å². The Morgan fingerprint density at radius 2 is 1.85 bits per heavy atom. The average Bonchev–Trinajstić information content (AvgIpc) is 2.89. The van der Waals surface area contributed by atoms with Crippen molar-refractivity contribution in [2.45, 2.75) is 59.8 Å². The van der Waals surface area contributed by atoms with Crippen LogP contribution in [0.2, 0.25) is 0 Å². The number of allylic oxidation sites excluding steroid dienone is 1. The van der Waals surface area contributed by atoms with Crippen LogP contribution in [0.5, 0.6) is 5.75 Å². The van der Waals surface area contributed by atoms with Crippen LogP contribution < -0.4 is 4.74 Å². The van der Waals surface area contributed by atoms with Crippen molar-refractivity contribution in [3.63, 3.8) is 0 Å². The SMILES string of the molecule is C=C(C)Cc1c(C)nn(C(=O)c2ccc(OCCCCCC)cc2)c1C. The van der Waals surface area contributed by atoms with E-state index in [9.17, 15) is 4.79 Å². The fourth-order valence-corrected chi connectivity index (χ4v) is 2.97. The van der Waals surface area contributed by atoms with Crippen LogP contribution in [0.15, 0.2) is 36.4 Å². The molecule has 0 aliphatic heterocycles. The summed E-state index contributed by atoms with van der Waals surface area (Å²) in [4.78, 5) is 12.8. The Morgan fingerprint density at radius 1 is 1.15 bits per heavy atom. The average molecular weight is 354 g/mol. The number of hydrogen-bond donors (Lipinski definition) is 0. The van der Waals surface area contributed by atoms with Gasteiger partial charge in [0.2, 0.25) is 0 Å². The minimum atomic E-state index is -0.118. The maximum absolute atomic E-state index is 12.8. The second-order valence-electron chi connectivity index (χ2n) is 6.93. The van der Waals surface area contributed by atoms with Gasteiger partial charge in [0.25, 0.3) is 5.91 Å². The van der Waals surface area contributed by atoms with Gasteiger partial charge in [0, 0.05) is 16.8 Å². The molecule has 0 amide bonds. The van der Waals surface area contributed by atoms with Crippen LogP contribution in [0.4, 0.5) is 0 Å². The van der Waals surface area contributed by atoms with Gasteiger partial charge in [0.05, 0.1) is 12.3 Å². The van der Waals surface area contributed by atoms with Crippen molar-refractivity contribution >= 4 is 5.91 Å². The quantitative estimate of drug-likeness (QED) is 0.455. The number of nitrogens with zero attached hydrogens (tertiary/aromatic N) is 2. The topological polar surface area (TPSA) is 44.1 Å². The van der Waals surface area contributed by atoms with Crippen molar-refractivity contribution in [2.75, 3.05) is 6.61 Å². The molecule has 2 rings (SSSR count). The lowest BCUT2D eigenvalue weighted by Crippen LogP contribution is -2.15. The van der Waals surface area contributed by atoms with Gasteiger partial charge < -0.3 is 4.74 Å². The third-order valence-corrected chi connectivity index (χ3v) is 4.48. The van der Waals surface area contributed by atoms with Gasteiger partial charge in [-0.25, -0.2) is 4.68 Å². The summed E-state index contributed by atoms with van der Waals surface area (Å²) in [5.74, 6) is 0.683. The summed E-state index contributed by atoms with van der Waals surface area (Å²) in [6.45, 7) is 12.7. The van der Waals surface area contributed by atoms with Crippen molar-refractivity contribution in [2.24, 2.45) is 0 Å². The van der Waals surface area contributed by atoms with Gasteiger partial charge in [0.1, 0.15) is 5.75 Å². The third-order valence-electron chi connectivity index (χ3n) is 4.48. The monoisotopic (exact) mass is 354 g/mol. The number of carbonyl (C=O) groups is 1. The first-order valence-electron chi connectivity index (χ1n) is 9.41. The minimum Gasteiger partial charge on any atom is -0.494 e. The molecule has 0 saturated heterocycles. The van der Waals surface area contributed by atoms with Crippen LogP contribution in [0, 0.1) is 13.8 Å². The zero-order valence-corrected chi connectivity index (χ0v) is 16.5. The van der Waals surface area contributed by atoms with E-state index >= 15 is 0 Å². The lowest BCUT2D eigenvalue weighted by molar-refractivity contribution is 0.0942. The van der Waals surface area contributed by atoms with E-state index in [1.165, 1.54) is 23.9 Å². The van der Waals surface area contributed by atoms with Gasteiger partial charge in [-0.2, -0.15) is 5.10 Å². The van der Waals surface area contributed by atoms with Crippen molar-refractivity contribution in [1.82, 2.24) is 9.78 Å². The second-order valence-corrected chi connectivity index (χ2v) is 6.93. The highest BCUT2D eigenvalue weighted by molar-refractivity contribution is 5.96. The fourth-order valence-electron chi connectivity index (χ4n) is 2.97. The molecule has 1 aromatic heterocycles. The maximum atomic E-state index is 12.8. The highest BCUT2D eigenvalue weighted by atomic mass is 16.5. The zero-order chi connectivity index (χ0) is 19.1. The number of aryl methyl sites for hydroxylation is 1. The molecular formula is C22H30N2O2. The molecule has 0 spiro atoms. The van der Waals surface area contributed by atoms with E-state index in [2.05, 4.69) is 18.6 Å². The van der Waals surface area contributed by atoms with Crippen LogP contribution in [0.3, 0.4) is 0 Å². The summed E-state index contributed by atoms with van der Waals surface area (Å²) in [5.41, 5.74) is 4.51. The number of hydrogen-bond acceptors (Lipinski definition) is 3. The van der Waals surface area contributed by atoms with Gasteiger partial charge in [-0.3, -0.25) is 4.79 Å². The predicted molar refractivity (Wildman–Crippen MR) is 106 cm³/mol. The molecule has 1 aromatic carbocycles. The van der Waals surface area contributed by atoms with E-state index in [0.717, 1.165) is 47.7 Å². The van der Waals surface area contributed by atoms with Crippen LogP contribution in [-0.4, -0.2) is 22.3 Å². The van der Waals surface area contributed by atoms with Crippen molar-refractivity contribution in [3.05, 3.63) is 58.9 Å². The Labute approximate surface area is 156 Å². The fraction of sp³-hybridized carbons (Fsp3) is 0.455. The normalized spacial score (nSPS) is 10.8. The number of rotatable bonds is 9. The molecule has 0 aliphatic rings. The molecule has 0 unspecified atom stereocenters. The largest absolute Gasteiger partial charge is 0.494 e. The number of ether oxygens (including phenoxy) is 1. The summed E-state index contributed by atoms with van der Waals surface area (Å²) in [5, 5.41) is 4.43. The molecule has 140 valence electrons. The van der Waals surface area contributed by atoms with Gasteiger partial charge >= 0.3 is 0 Å². The Hall–Kier alpha value is -2.36. The summed E-state index contributed by atoms with van der Waals surface area (Å²) >= 11 is 0. The van der Waals surface area contributed by atoms with E-state index in [1.807, 2.05) is 32.9 Å². The van der Waals surface area contributed by atoms with Gasteiger partial charge in [0.15, 0.2) is 0 Å². The Kier molecular flexibility index (Phi) is 7.19. The first-order valence-corrected chi connectivity index (χ1v) is 9.41. The van der Waals surface area contributed by atoms with Crippen LogP contribution in [0.1, 0.15) is 66.8 Å². The highest BCUT2D eigenvalue weighted by Gasteiger charge is 2.17. The molecule has 0 atom stereocenters. The molecule has 2 aromatic rings. The second kappa shape index (κ2) is 9.37. The Morgan fingerprint density at radius 3 is 2.46 bits per heavy atom.